The molecule has 1 N–H and O–H groups in total. The van der Waals surface area contributed by atoms with Crippen LogP contribution in [0, 0.1) is 6.92 Å². The van der Waals surface area contributed by atoms with Crippen molar-refractivity contribution in [2.75, 3.05) is 26.2 Å². The van der Waals surface area contributed by atoms with Crippen LogP contribution in [0.25, 0.3) is 11.5 Å². The Hall–Kier alpha value is -2.33. The van der Waals surface area contributed by atoms with Gasteiger partial charge in [-0.05, 0) is 37.3 Å². The Morgan fingerprint density at radius 3 is 2.43 bits per heavy atom. The Kier molecular flexibility index (Phi) is 5.63. The molecule has 0 unspecified atom stereocenters. The number of aromatic nitrogens is 2. The average molecular weight is 469 g/mol. The number of carbonyl (C=O) groups is 1. The molecule has 1 aromatic carbocycles. The summed E-state index contributed by atoms with van der Waals surface area (Å²) in [5, 5.41) is 7.33. The molecule has 3 aromatic rings. The van der Waals surface area contributed by atoms with Crippen molar-refractivity contribution in [3.8, 4) is 11.5 Å². The van der Waals surface area contributed by atoms with Gasteiger partial charge in [0, 0.05) is 32.2 Å². The van der Waals surface area contributed by atoms with Gasteiger partial charge in [-0.3, -0.25) is 9.89 Å². The summed E-state index contributed by atoms with van der Waals surface area (Å²) in [5.74, 6) is 1.08. The minimum atomic E-state index is -3.73. The van der Waals surface area contributed by atoms with Crippen molar-refractivity contribution in [3.05, 3.63) is 57.9 Å². The maximum atomic E-state index is 12.9. The highest BCUT2D eigenvalue weighted by molar-refractivity contribution is 7.89. The Morgan fingerprint density at radius 1 is 1.07 bits per heavy atom. The van der Waals surface area contributed by atoms with Crippen LogP contribution in [0.4, 0.5) is 0 Å². The van der Waals surface area contributed by atoms with Crippen LogP contribution >= 0.6 is 23.2 Å². The summed E-state index contributed by atoms with van der Waals surface area (Å²) in [5.41, 5.74) is 0.854. The Balaban J connectivity index is 1.43. The molecule has 0 atom stereocenters. The monoisotopic (exact) mass is 468 g/mol. The van der Waals surface area contributed by atoms with Crippen molar-refractivity contribution < 1.29 is 17.6 Å². The van der Waals surface area contributed by atoms with E-state index in [2.05, 4.69) is 10.2 Å². The quantitative estimate of drug-likeness (QED) is 0.631. The van der Waals surface area contributed by atoms with Gasteiger partial charge in [0.2, 0.25) is 10.0 Å². The molecule has 0 radical (unpaired) electrons. The lowest BCUT2D eigenvalue weighted by molar-refractivity contribution is 0.0692. The number of aromatic amines is 1. The number of hydrogen-bond acceptors (Lipinski definition) is 5. The first-order valence-corrected chi connectivity index (χ1v) is 11.3. The number of amides is 1. The molecule has 0 spiro atoms. The fourth-order valence-electron chi connectivity index (χ4n) is 3.22. The maximum absolute atomic E-state index is 12.9. The number of sulfonamides is 1. The molecule has 0 saturated carbocycles. The molecule has 158 valence electrons. The first-order chi connectivity index (χ1) is 14.3. The van der Waals surface area contributed by atoms with Crippen LogP contribution in [-0.2, 0) is 10.0 Å². The fourth-order valence-corrected chi connectivity index (χ4v) is 5.03. The average Bonchev–Trinajstić information content (AvgIpc) is 3.38. The van der Waals surface area contributed by atoms with Crippen LogP contribution in [0.5, 0.6) is 0 Å². The topological polar surface area (TPSA) is 99.5 Å². The second kappa shape index (κ2) is 8.07. The van der Waals surface area contributed by atoms with Gasteiger partial charge < -0.3 is 9.32 Å². The number of benzene rings is 1. The fraction of sp³-hybridized carbons (Fsp3) is 0.263. The highest BCUT2D eigenvalue weighted by atomic mass is 35.5. The van der Waals surface area contributed by atoms with Crippen molar-refractivity contribution in [1.82, 2.24) is 19.4 Å². The molecule has 1 fully saturated rings. The molecule has 1 amide bonds. The Bertz CT molecular complexity index is 1200. The van der Waals surface area contributed by atoms with Crippen LogP contribution in [0.1, 0.15) is 16.2 Å². The minimum Gasteiger partial charge on any atom is -0.460 e. The first-order valence-electron chi connectivity index (χ1n) is 9.12. The van der Waals surface area contributed by atoms with Gasteiger partial charge in [-0.15, -0.1) is 0 Å². The lowest BCUT2D eigenvalue weighted by Gasteiger charge is -2.33. The van der Waals surface area contributed by atoms with Crippen molar-refractivity contribution in [1.29, 1.82) is 0 Å². The lowest BCUT2D eigenvalue weighted by atomic mass is 10.2. The second-order valence-corrected chi connectivity index (χ2v) is 9.60. The summed E-state index contributed by atoms with van der Waals surface area (Å²) >= 11 is 11.8. The molecule has 30 heavy (non-hydrogen) atoms. The number of hydrogen-bond donors (Lipinski definition) is 1. The van der Waals surface area contributed by atoms with E-state index in [-0.39, 0.29) is 52.7 Å². The lowest BCUT2D eigenvalue weighted by Crippen LogP contribution is -2.50. The van der Waals surface area contributed by atoms with Crippen molar-refractivity contribution in [2.24, 2.45) is 0 Å². The number of nitrogens with zero attached hydrogens (tertiary/aromatic N) is 3. The zero-order chi connectivity index (χ0) is 21.5. The van der Waals surface area contributed by atoms with Crippen molar-refractivity contribution in [2.45, 2.75) is 11.8 Å². The van der Waals surface area contributed by atoms with Gasteiger partial charge in [-0.25, -0.2) is 8.42 Å². The standard InChI is InChI=1S/C19H18Cl2N4O4S/c1-12-2-5-18(29-12)16-11-17(23-22-16)19(26)24-6-8-25(9-7-24)30(27,28)13-3-4-14(20)15(21)10-13/h2-5,10-11H,6-9H2,1H3,(H,22,23). The first kappa shape index (κ1) is 20.9. The molecule has 1 aliphatic heterocycles. The molecular formula is C19H18Cl2N4O4S. The molecular weight excluding hydrogens is 451 g/mol. The maximum Gasteiger partial charge on any atom is 0.274 e. The zero-order valence-electron chi connectivity index (χ0n) is 15.9. The Morgan fingerprint density at radius 2 is 1.80 bits per heavy atom. The van der Waals surface area contributed by atoms with Crippen molar-refractivity contribution >= 4 is 39.1 Å². The molecule has 4 rings (SSSR count). The smallest absolute Gasteiger partial charge is 0.274 e. The van der Waals surface area contributed by atoms with Crippen LogP contribution in [0.3, 0.4) is 0 Å². The summed E-state index contributed by atoms with van der Waals surface area (Å²) in [6.45, 7) is 2.67. The second-order valence-electron chi connectivity index (χ2n) is 6.85. The van der Waals surface area contributed by atoms with Crippen molar-refractivity contribution in [3.63, 3.8) is 0 Å². The predicted molar refractivity (Wildman–Crippen MR) is 112 cm³/mol. The van der Waals surface area contributed by atoms with Gasteiger partial charge in [-0.1, -0.05) is 23.2 Å². The predicted octanol–water partition coefficient (Wildman–Crippen LogP) is 3.43. The van der Waals surface area contributed by atoms with E-state index in [1.165, 1.54) is 22.5 Å². The molecule has 2 aromatic heterocycles. The SMILES string of the molecule is Cc1ccc(-c2cc(C(=O)N3CCN(S(=O)(=O)c4ccc(Cl)c(Cl)c4)CC3)n[nH]2)o1. The number of rotatable bonds is 4. The van der Waals surface area contributed by atoms with E-state index in [0.29, 0.717) is 11.5 Å². The normalized spacial score (nSPS) is 15.5. The third kappa shape index (κ3) is 3.98. The molecule has 0 aliphatic carbocycles. The Labute approximate surface area is 183 Å². The number of H-pyrrole nitrogens is 1. The number of halogens is 2. The summed E-state index contributed by atoms with van der Waals surface area (Å²) in [6.07, 6.45) is 0. The minimum absolute atomic E-state index is 0.0716. The summed E-state index contributed by atoms with van der Waals surface area (Å²) in [7, 11) is -3.73. The highest BCUT2D eigenvalue weighted by Gasteiger charge is 2.31. The molecule has 8 nitrogen and oxygen atoms in total. The van der Waals surface area contributed by atoms with Gasteiger partial charge in [0.05, 0.1) is 14.9 Å². The summed E-state index contributed by atoms with van der Waals surface area (Å²) in [4.78, 5) is 14.4. The molecule has 3 heterocycles. The van der Waals surface area contributed by atoms with E-state index in [9.17, 15) is 13.2 Å². The molecule has 1 saturated heterocycles. The van der Waals surface area contributed by atoms with E-state index in [1.54, 1.807) is 17.0 Å². The van der Waals surface area contributed by atoms with Crippen LogP contribution in [0.2, 0.25) is 10.0 Å². The van der Waals surface area contributed by atoms with Gasteiger partial charge in [-0.2, -0.15) is 9.40 Å². The summed E-state index contributed by atoms with van der Waals surface area (Å²) < 4.78 is 32.6. The molecule has 0 bridgehead atoms. The molecule has 1 aliphatic rings. The number of nitrogens with one attached hydrogen (secondary N) is 1. The number of aryl methyl sites for hydroxylation is 1. The van der Waals surface area contributed by atoms with E-state index < -0.39 is 10.0 Å². The number of piperazine rings is 1. The third-order valence-electron chi connectivity index (χ3n) is 4.86. The van der Waals surface area contributed by atoms with Gasteiger partial charge in [0.1, 0.15) is 11.5 Å². The van der Waals surface area contributed by atoms with Gasteiger partial charge >= 0.3 is 0 Å². The largest absolute Gasteiger partial charge is 0.460 e. The van der Waals surface area contributed by atoms with E-state index in [0.717, 1.165) is 5.76 Å². The van der Waals surface area contributed by atoms with E-state index >= 15 is 0 Å². The van der Waals surface area contributed by atoms with E-state index in [1.807, 2.05) is 13.0 Å². The van der Waals surface area contributed by atoms with Crippen LogP contribution in [-0.4, -0.2) is 59.9 Å². The van der Waals surface area contributed by atoms with E-state index in [4.69, 9.17) is 27.6 Å². The summed E-state index contributed by atoms with van der Waals surface area (Å²) in [6, 6.07) is 9.45. The van der Waals surface area contributed by atoms with Gasteiger partial charge in [0.15, 0.2) is 11.5 Å². The van der Waals surface area contributed by atoms with Crippen LogP contribution in [0.15, 0.2) is 45.7 Å². The number of furan rings is 1. The highest BCUT2D eigenvalue weighted by Crippen LogP contribution is 2.27. The third-order valence-corrected chi connectivity index (χ3v) is 7.49. The van der Waals surface area contributed by atoms with Gasteiger partial charge in [0.25, 0.3) is 5.91 Å². The number of carbonyl (C=O) groups excluding carboxylic acids is 1. The van der Waals surface area contributed by atoms with Crippen LogP contribution < -0.4 is 0 Å². The zero-order valence-corrected chi connectivity index (χ0v) is 18.3. The molecule has 11 heteroatoms.